The molecule has 0 atom stereocenters. The monoisotopic (exact) mass is 357 g/mol. The summed E-state index contributed by atoms with van der Waals surface area (Å²) < 4.78 is 5.68. The molecule has 5 nitrogen and oxygen atoms in total. The third-order valence-corrected chi connectivity index (χ3v) is 2.90. The molecule has 0 saturated carbocycles. The first kappa shape index (κ1) is 21.2. The third kappa shape index (κ3) is 7.32. The van der Waals surface area contributed by atoms with Crippen molar-refractivity contribution in [2.75, 3.05) is 13.1 Å². The van der Waals surface area contributed by atoms with Crippen molar-refractivity contribution in [1.82, 2.24) is 10.3 Å². The summed E-state index contributed by atoms with van der Waals surface area (Å²) in [5, 5.41) is 2.86. The number of hydrogen-bond donors (Lipinski definition) is 2. The SMILES string of the molecule is Cl.Cl.NCCCCNC(=O)c1cccc(Oc2ccncc2)c1. The number of amides is 1. The number of nitrogens with two attached hydrogens (primary N) is 1. The molecule has 126 valence electrons. The van der Waals surface area contributed by atoms with Crippen molar-refractivity contribution in [3.8, 4) is 11.5 Å². The average Bonchev–Trinajstić information content (AvgIpc) is 2.53. The summed E-state index contributed by atoms with van der Waals surface area (Å²) in [6.07, 6.45) is 5.10. The van der Waals surface area contributed by atoms with E-state index in [9.17, 15) is 4.79 Å². The Bertz CT molecular complexity index is 583. The Morgan fingerprint density at radius 1 is 1.09 bits per heavy atom. The highest BCUT2D eigenvalue weighted by atomic mass is 35.5. The molecule has 1 aromatic heterocycles. The van der Waals surface area contributed by atoms with E-state index in [1.54, 1.807) is 42.7 Å². The molecule has 2 aromatic rings. The van der Waals surface area contributed by atoms with Crippen LogP contribution in [-0.4, -0.2) is 24.0 Å². The molecular weight excluding hydrogens is 337 g/mol. The number of ether oxygens (including phenoxy) is 1. The van der Waals surface area contributed by atoms with Crippen molar-refractivity contribution < 1.29 is 9.53 Å². The number of carbonyl (C=O) groups excluding carboxylic acids is 1. The summed E-state index contributed by atoms with van der Waals surface area (Å²) in [5.74, 6) is 1.20. The van der Waals surface area contributed by atoms with E-state index in [0.717, 1.165) is 12.8 Å². The number of halogens is 2. The topological polar surface area (TPSA) is 77.2 Å². The van der Waals surface area contributed by atoms with Crippen molar-refractivity contribution in [2.24, 2.45) is 5.73 Å². The molecule has 0 radical (unpaired) electrons. The number of nitrogens with zero attached hydrogens (tertiary/aromatic N) is 1. The molecule has 1 aromatic carbocycles. The predicted molar refractivity (Wildman–Crippen MR) is 95.9 cm³/mol. The fourth-order valence-electron chi connectivity index (χ4n) is 1.82. The van der Waals surface area contributed by atoms with E-state index >= 15 is 0 Å². The van der Waals surface area contributed by atoms with E-state index in [1.165, 1.54) is 0 Å². The van der Waals surface area contributed by atoms with Crippen LogP contribution in [0.1, 0.15) is 23.2 Å². The van der Waals surface area contributed by atoms with Gasteiger partial charge in [0.1, 0.15) is 11.5 Å². The van der Waals surface area contributed by atoms with Crippen molar-refractivity contribution >= 4 is 30.7 Å². The lowest BCUT2D eigenvalue weighted by atomic mass is 10.2. The highest BCUT2D eigenvalue weighted by molar-refractivity contribution is 5.94. The quantitative estimate of drug-likeness (QED) is 0.746. The number of unbranched alkanes of at least 4 members (excludes halogenated alkanes) is 1. The first-order chi connectivity index (χ1) is 10.3. The number of nitrogens with one attached hydrogen (secondary N) is 1. The molecule has 0 aliphatic heterocycles. The van der Waals surface area contributed by atoms with Crippen LogP contribution in [0.3, 0.4) is 0 Å². The minimum Gasteiger partial charge on any atom is -0.457 e. The highest BCUT2D eigenvalue weighted by Gasteiger charge is 2.06. The molecule has 3 N–H and O–H groups in total. The summed E-state index contributed by atoms with van der Waals surface area (Å²) in [6, 6.07) is 10.6. The van der Waals surface area contributed by atoms with Gasteiger partial charge >= 0.3 is 0 Å². The van der Waals surface area contributed by atoms with Crippen LogP contribution in [0.25, 0.3) is 0 Å². The molecule has 0 bridgehead atoms. The van der Waals surface area contributed by atoms with Gasteiger partial charge in [0, 0.05) is 24.5 Å². The molecule has 7 heteroatoms. The molecule has 0 fully saturated rings. The van der Waals surface area contributed by atoms with Gasteiger partial charge in [0.2, 0.25) is 0 Å². The summed E-state index contributed by atoms with van der Waals surface area (Å²) >= 11 is 0. The normalized spacial score (nSPS) is 9.26. The Morgan fingerprint density at radius 3 is 2.52 bits per heavy atom. The molecule has 23 heavy (non-hydrogen) atoms. The average molecular weight is 358 g/mol. The van der Waals surface area contributed by atoms with E-state index in [2.05, 4.69) is 10.3 Å². The van der Waals surface area contributed by atoms with Crippen LogP contribution < -0.4 is 15.8 Å². The van der Waals surface area contributed by atoms with Crippen LogP contribution in [0.15, 0.2) is 48.8 Å². The van der Waals surface area contributed by atoms with Gasteiger partial charge in [0.25, 0.3) is 5.91 Å². The molecule has 0 aliphatic rings. The molecular formula is C16H21Cl2N3O2. The Morgan fingerprint density at radius 2 is 1.83 bits per heavy atom. The fraction of sp³-hybridized carbons (Fsp3) is 0.250. The van der Waals surface area contributed by atoms with Gasteiger partial charge in [-0.05, 0) is 49.7 Å². The molecule has 0 aliphatic carbocycles. The summed E-state index contributed by atoms with van der Waals surface area (Å²) in [5.41, 5.74) is 5.99. The smallest absolute Gasteiger partial charge is 0.251 e. The number of hydrogen-bond acceptors (Lipinski definition) is 4. The maximum absolute atomic E-state index is 12.0. The second kappa shape index (κ2) is 11.7. The zero-order valence-corrected chi connectivity index (χ0v) is 14.2. The van der Waals surface area contributed by atoms with E-state index in [-0.39, 0.29) is 30.7 Å². The van der Waals surface area contributed by atoms with Gasteiger partial charge in [-0.2, -0.15) is 0 Å². The lowest BCUT2D eigenvalue weighted by Crippen LogP contribution is -2.24. The molecule has 0 unspecified atom stereocenters. The second-order valence-corrected chi connectivity index (χ2v) is 4.56. The van der Waals surface area contributed by atoms with E-state index in [1.807, 2.05) is 6.07 Å². The van der Waals surface area contributed by atoms with Crippen LogP contribution in [-0.2, 0) is 0 Å². The fourth-order valence-corrected chi connectivity index (χ4v) is 1.82. The van der Waals surface area contributed by atoms with Crippen LogP contribution in [0.4, 0.5) is 0 Å². The number of benzene rings is 1. The zero-order chi connectivity index (χ0) is 14.9. The highest BCUT2D eigenvalue weighted by Crippen LogP contribution is 2.21. The lowest BCUT2D eigenvalue weighted by molar-refractivity contribution is 0.0952. The maximum atomic E-state index is 12.0. The minimum absolute atomic E-state index is 0. The minimum atomic E-state index is -0.104. The van der Waals surface area contributed by atoms with Crippen molar-refractivity contribution in [1.29, 1.82) is 0 Å². The van der Waals surface area contributed by atoms with Gasteiger partial charge in [0.05, 0.1) is 0 Å². The zero-order valence-electron chi connectivity index (χ0n) is 12.6. The molecule has 1 amide bonds. The third-order valence-electron chi connectivity index (χ3n) is 2.90. The van der Waals surface area contributed by atoms with Crippen LogP contribution in [0, 0.1) is 0 Å². The van der Waals surface area contributed by atoms with Gasteiger partial charge in [0.15, 0.2) is 0 Å². The molecule has 0 spiro atoms. The van der Waals surface area contributed by atoms with Gasteiger partial charge in [-0.1, -0.05) is 6.07 Å². The van der Waals surface area contributed by atoms with Crippen molar-refractivity contribution in [2.45, 2.75) is 12.8 Å². The molecule has 2 rings (SSSR count). The number of pyridine rings is 1. The Hall–Kier alpha value is -1.82. The van der Waals surface area contributed by atoms with E-state index in [0.29, 0.717) is 30.2 Å². The number of aromatic nitrogens is 1. The maximum Gasteiger partial charge on any atom is 0.251 e. The van der Waals surface area contributed by atoms with Crippen LogP contribution >= 0.6 is 24.8 Å². The van der Waals surface area contributed by atoms with E-state index < -0.39 is 0 Å². The van der Waals surface area contributed by atoms with Crippen LogP contribution in [0.5, 0.6) is 11.5 Å². The summed E-state index contributed by atoms with van der Waals surface area (Å²) in [7, 11) is 0. The van der Waals surface area contributed by atoms with Crippen molar-refractivity contribution in [3.05, 3.63) is 54.4 Å². The first-order valence-corrected chi connectivity index (χ1v) is 6.96. The lowest BCUT2D eigenvalue weighted by Gasteiger charge is -2.08. The Kier molecular flexibility index (Phi) is 10.8. The van der Waals surface area contributed by atoms with Crippen molar-refractivity contribution in [3.63, 3.8) is 0 Å². The number of rotatable bonds is 7. The molecule has 1 heterocycles. The largest absolute Gasteiger partial charge is 0.457 e. The van der Waals surface area contributed by atoms with Gasteiger partial charge in [-0.15, -0.1) is 24.8 Å². The first-order valence-electron chi connectivity index (χ1n) is 6.96. The molecule has 0 saturated heterocycles. The Balaban J connectivity index is 0.00000242. The Labute approximate surface area is 148 Å². The van der Waals surface area contributed by atoms with E-state index in [4.69, 9.17) is 10.5 Å². The predicted octanol–water partition coefficient (Wildman–Crippen LogP) is 3.19. The summed E-state index contributed by atoms with van der Waals surface area (Å²) in [4.78, 5) is 15.9. The summed E-state index contributed by atoms with van der Waals surface area (Å²) in [6.45, 7) is 1.27. The second-order valence-electron chi connectivity index (χ2n) is 4.56. The van der Waals surface area contributed by atoms with Gasteiger partial charge in [-0.3, -0.25) is 9.78 Å². The van der Waals surface area contributed by atoms with Gasteiger partial charge in [-0.25, -0.2) is 0 Å². The van der Waals surface area contributed by atoms with Crippen LogP contribution in [0.2, 0.25) is 0 Å². The van der Waals surface area contributed by atoms with Gasteiger partial charge < -0.3 is 15.8 Å². The standard InChI is InChI=1S/C16H19N3O2.2ClH/c17-8-1-2-9-19-16(20)13-4-3-5-15(12-13)21-14-6-10-18-11-7-14;;/h3-7,10-12H,1-2,8-9,17H2,(H,19,20);2*1H. The number of carbonyl (C=O) groups is 1.